The molecular formula is C23H28N4O. The van der Waals surface area contributed by atoms with Gasteiger partial charge in [-0.05, 0) is 37.5 Å². The Kier molecular flexibility index (Phi) is 6.14. The molecule has 28 heavy (non-hydrogen) atoms. The average Bonchev–Trinajstić information content (AvgIpc) is 3.35. The molecule has 0 unspecified atom stereocenters. The highest BCUT2D eigenvalue weighted by molar-refractivity contribution is 5.20. The number of aromatic nitrogens is 3. The molecule has 5 nitrogen and oxygen atoms in total. The maximum Gasteiger partial charge on any atom is 0.0703 e. The Hall–Kier alpha value is -2.50. The van der Waals surface area contributed by atoms with Crippen LogP contribution in [0.2, 0.25) is 0 Å². The fourth-order valence-electron chi connectivity index (χ4n) is 3.78. The zero-order valence-electron chi connectivity index (χ0n) is 16.5. The third-order valence-electron chi connectivity index (χ3n) is 5.37. The Bertz CT molecular complexity index is 857. The minimum atomic E-state index is 0.323. The van der Waals surface area contributed by atoms with Gasteiger partial charge >= 0.3 is 0 Å². The van der Waals surface area contributed by atoms with Crippen LogP contribution in [0.15, 0.2) is 60.9 Å². The van der Waals surface area contributed by atoms with Crippen LogP contribution in [0.1, 0.15) is 35.4 Å². The first-order valence-electron chi connectivity index (χ1n) is 10.1. The zero-order valence-corrected chi connectivity index (χ0v) is 16.5. The first kappa shape index (κ1) is 18.8. The quantitative estimate of drug-likeness (QED) is 0.599. The fraction of sp³-hybridized carbons (Fsp3) is 0.391. The molecule has 0 radical (unpaired) electrons. The number of ether oxygens (including phenoxy) is 1. The lowest BCUT2D eigenvalue weighted by Gasteiger charge is -2.25. The molecule has 1 aliphatic heterocycles. The molecule has 1 fully saturated rings. The maximum absolute atomic E-state index is 5.89. The molecule has 1 atom stereocenters. The van der Waals surface area contributed by atoms with E-state index in [9.17, 15) is 0 Å². The van der Waals surface area contributed by atoms with Crippen molar-refractivity contribution in [1.82, 2.24) is 19.7 Å². The number of benzene rings is 1. The fourth-order valence-corrected chi connectivity index (χ4v) is 3.78. The Morgan fingerprint density at radius 1 is 1.11 bits per heavy atom. The van der Waals surface area contributed by atoms with E-state index >= 15 is 0 Å². The number of pyridine rings is 1. The first-order valence-corrected chi connectivity index (χ1v) is 10.1. The van der Waals surface area contributed by atoms with Gasteiger partial charge in [0.05, 0.1) is 24.5 Å². The van der Waals surface area contributed by atoms with Crippen molar-refractivity contribution in [2.45, 2.75) is 45.5 Å². The summed E-state index contributed by atoms with van der Waals surface area (Å²) in [6.45, 7) is 6.46. The minimum absolute atomic E-state index is 0.323. The monoisotopic (exact) mass is 376 g/mol. The normalized spacial score (nSPS) is 16.7. The van der Waals surface area contributed by atoms with Crippen LogP contribution in [0.5, 0.6) is 0 Å². The number of nitrogens with zero attached hydrogens (tertiary/aromatic N) is 4. The van der Waals surface area contributed by atoms with E-state index in [2.05, 4.69) is 63.0 Å². The summed E-state index contributed by atoms with van der Waals surface area (Å²) in [7, 11) is 0. The predicted octanol–water partition coefficient (Wildman–Crippen LogP) is 3.82. The van der Waals surface area contributed by atoms with Crippen LogP contribution < -0.4 is 0 Å². The van der Waals surface area contributed by atoms with Gasteiger partial charge < -0.3 is 4.74 Å². The molecule has 0 N–H and O–H groups in total. The Morgan fingerprint density at radius 3 is 2.71 bits per heavy atom. The van der Waals surface area contributed by atoms with Crippen LogP contribution in [0.3, 0.4) is 0 Å². The molecule has 3 aromatic rings. The van der Waals surface area contributed by atoms with E-state index in [4.69, 9.17) is 4.74 Å². The lowest BCUT2D eigenvalue weighted by Crippen LogP contribution is -2.32. The molecule has 1 aromatic carbocycles. The number of hydrogen-bond donors (Lipinski definition) is 0. The molecule has 4 rings (SSSR count). The second kappa shape index (κ2) is 9.13. The summed E-state index contributed by atoms with van der Waals surface area (Å²) in [4.78, 5) is 6.95. The average molecular weight is 377 g/mol. The standard InChI is InChI=1S/C23H28N4O/c1-19-21(14-25-27(19)15-20-8-3-2-4-9-20)16-26(18-23-11-7-13-28-23)17-22-10-5-6-12-24-22/h2-6,8-10,12,14,23H,7,11,13,15-18H2,1H3/t23-/m0/s1. The van der Waals surface area contributed by atoms with Crippen LogP contribution in [-0.2, 0) is 24.4 Å². The Balaban J connectivity index is 1.47. The predicted molar refractivity (Wildman–Crippen MR) is 110 cm³/mol. The van der Waals surface area contributed by atoms with Crippen molar-refractivity contribution in [1.29, 1.82) is 0 Å². The van der Waals surface area contributed by atoms with E-state index in [1.165, 1.54) is 16.8 Å². The molecule has 0 bridgehead atoms. The Labute approximate surface area is 167 Å². The topological polar surface area (TPSA) is 43.2 Å². The molecule has 5 heteroatoms. The van der Waals surface area contributed by atoms with Crippen molar-refractivity contribution < 1.29 is 4.74 Å². The van der Waals surface area contributed by atoms with Crippen LogP contribution in [0, 0.1) is 6.92 Å². The second-order valence-electron chi connectivity index (χ2n) is 7.52. The summed E-state index contributed by atoms with van der Waals surface area (Å²) in [5.74, 6) is 0. The van der Waals surface area contributed by atoms with Crippen molar-refractivity contribution >= 4 is 0 Å². The molecular weight excluding hydrogens is 348 g/mol. The van der Waals surface area contributed by atoms with E-state index in [1.807, 2.05) is 24.5 Å². The Morgan fingerprint density at radius 2 is 1.96 bits per heavy atom. The minimum Gasteiger partial charge on any atom is -0.377 e. The van der Waals surface area contributed by atoms with Gasteiger partial charge in [-0.2, -0.15) is 5.10 Å². The summed E-state index contributed by atoms with van der Waals surface area (Å²) < 4.78 is 7.98. The van der Waals surface area contributed by atoms with Crippen molar-refractivity contribution in [3.8, 4) is 0 Å². The molecule has 0 saturated carbocycles. The summed E-state index contributed by atoms with van der Waals surface area (Å²) in [5.41, 5.74) is 4.85. The van der Waals surface area contributed by atoms with Crippen LogP contribution in [0.4, 0.5) is 0 Å². The van der Waals surface area contributed by atoms with Gasteiger partial charge in [0, 0.05) is 43.7 Å². The van der Waals surface area contributed by atoms with E-state index in [0.717, 1.165) is 51.3 Å². The van der Waals surface area contributed by atoms with Gasteiger partial charge in [0.25, 0.3) is 0 Å². The van der Waals surface area contributed by atoms with Crippen LogP contribution in [-0.4, -0.2) is 38.9 Å². The maximum atomic E-state index is 5.89. The smallest absolute Gasteiger partial charge is 0.0703 e. The van der Waals surface area contributed by atoms with E-state index in [-0.39, 0.29) is 0 Å². The lowest BCUT2D eigenvalue weighted by molar-refractivity contribution is 0.0674. The summed E-state index contributed by atoms with van der Waals surface area (Å²) in [6.07, 6.45) is 6.51. The molecule has 1 aliphatic rings. The molecule has 1 saturated heterocycles. The van der Waals surface area contributed by atoms with Gasteiger partial charge in [-0.1, -0.05) is 36.4 Å². The number of hydrogen-bond acceptors (Lipinski definition) is 4. The van der Waals surface area contributed by atoms with E-state index < -0.39 is 0 Å². The first-order chi connectivity index (χ1) is 13.8. The van der Waals surface area contributed by atoms with Crippen LogP contribution in [0.25, 0.3) is 0 Å². The molecule has 0 spiro atoms. The van der Waals surface area contributed by atoms with Gasteiger partial charge in [-0.25, -0.2) is 0 Å². The summed E-state index contributed by atoms with van der Waals surface area (Å²) >= 11 is 0. The largest absolute Gasteiger partial charge is 0.377 e. The van der Waals surface area contributed by atoms with Crippen molar-refractivity contribution in [3.63, 3.8) is 0 Å². The van der Waals surface area contributed by atoms with Gasteiger partial charge in [-0.15, -0.1) is 0 Å². The van der Waals surface area contributed by atoms with Crippen LogP contribution >= 0.6 is 0 Å². The number of rotatable bonds is 8. The lowest BCUT2D eigenvalue weighted by atomic mass is 10.2. The van der Waals surface area contributed by atoms with Gasteiger partial charge in [0.15, 0.2) is 0 Å². The highest BCUT2D eigenvalue weighted by Crippen LogP contribution is 2.18. The molecule has 0 aliphatic carbocycles. The highest BCUT2D eigenvalue weighted by Gasteiger charge is 2.21. The third kappa shape index (κ3) is 4.86. The molecule has 3 heterocycles. The second-order valence-corrected chi connectivity index (χ2v) is 7.52. The SMILES string of the molecule is Cc1c(CN(Cc2ccccn2)C[C@@H]2CCCO2)cnn1Cc1ccccc1. The molecule has 2 aromatic heterocycles. The van der Waals surface area contributed by atoms with Crippen molar-refractivity contribution in [2.75, 3.05) is 13.2 Å². The molecule has 146 valence electrons. The zero-order chi connectivity index (χ0) is 19.2. The van der Waals surface area contributed by atoms with E-state index in [1.54, 1.807) is 0 Å². The van der Waals surface area contributed by atoms with Gasteiger partial charge in [0.2, 0.25) is 0 Å². The van der Waals surface area contributed by atoms with Gasteiger partial charge in [0.1, 0.15) is 0 Å². The molecule has 0 amide bonds. The summed E-state index contributed by atoms with van der Waals surface area (Å²) in [5, 5.41) is 4.65. The van der Waals surface area contributed by atoms with Crippen molar-refractivity contribution in [3.05, 3.63) is 83.4 Å². The third-order valence-corrected chi connectivity index (χ3v) is 5.37. The highest BCUT2D eigenvalue weighted by atomic mass is 16.5. The van der Waals surface area contributed by atoms with Gasteiger partial charge in [-0.3, -0.25) is 14.6 Å². The summed E-state index contributed by atoms with van der Waals surface area (Å²) in [6, 6.07) is 16.6. The van der Waals surface area contributed by atoms with Crippen molar-refractivity contribution in [2.24, 2.45) is 0 Å². The van der Waals surface area contributed by atoms with E-state index in [0.29, 0.717) is 6.10 Å².